The number of fused-ring (bicyclic) bond motifs is 1. The Kier molecular flexibility index (Phi) is 3.41. The smallest absolute Gasteiger partial charge is 0.269 e. The van der Waals surface area contributed by atoms with E-state index in [1.54, 1.807) is 36.5 Å². The molecule has 0 amide bonds. The monoisotopic (exact) mass is 300 g/mol. The van der Waals surface area contributed by atoms with Gasteiger partial charge in [-0.25, -0.2) is 0 Å². The van der Waals surface area contributed by atoms with Crippen LogP contribution in [0, 0.1) is 10.1 Å². The highest BCUT2D eigenvalue weighted by Crippen LogP contribution is 2.30. The highest BCUT2D eigenvalue weighted by molar-refractivity contribution is 6.31. The molecule has 0 spiro atoms. The number of non-ortho nitro benzene ring substituents is 1. The largest absolute Gasteiger partial charge is 0.457 e. The van der Waals surface area contributed by atoms with Gasteiger partial charge in [0.15, 0.2) is 0 Å². The van der Waals surface area contributed by atoms with Crippen LogP contribution in [0.4, 0.5) is 5.69 Å². The second-order valence-electron chi connectivity index (χ2n) is 4.32. The van der Waals surface area contributed by atoms with Gasteiger partial charge in [0, 0.05) is 28.7 Å². The van der Waals surface area contributed by atoms with Gasteiger partial charge in [0.2, 0.25) is 0 Å². The number of nitro groups is 1. The van der Waals surface area contributed by atoms with Crippen LogP contribution in [0.1, 0.15) is 0 Å². The van der Waals surface area contributed by atoms with Gasteiger partial charge >= 0.3 is 0 Å². The van der Waals surface area contributed by atoms with E-state index in [2.05, 4.69) is 4.98 Å². The van der Waals surface area contributed by atoms with Crippen LogP contribution in [0.15, 0.2) is 54.7 Å². The third-order valence-electron chi connectivity index (χ3n) is 2.94. The van der Waals surface area contributed by atoms with Gasteiger partial charge in [0.05, 0.1) is 10.4 Å². The number of hydrogen-bond acceptors (Lipinski definition) is 4. The molecule has 0 radical (unpaired) electrons. The van der Waals surface area contributed by atoms with Crippen molar-refractivity contribution in [3.8, 4) is 11.5 Å². The Balaban J connectivity index is 1.96. The summed E-state index contributed by atoms with van der Waals surface area (Å²) in [4.78, 5) is 14.4. The summed E-state index contributed by atoms with van der Waals surface area (Å²) in [5, 5.41) is 12.0. The molecule has 0 aliphatic heterocycles. The van der Waals surface area contributed by atoms with Crippen molar-refractivity contribution in [2.45, 2.75) is 0 Å². The fourth-order valence-corrected chi connectivity index (χ4v) is 2.11. The van der Waals surface area contributed by atoms with Gasteiger partial charge in [0.25, 0.3) is 5.69 Å². The molecule has 0 aliphatic carbocycles. The molecule has 0 aliphatic rings. The Bertz CT molecular complexity index is 819. The fraction of sp³-hybridized carbons (Fsp3) is 0. The van der Waals surface area contributed by atoms with Crippen LogP contribution < -0.4 is 4.74 Å². The standard InChI is InChI=1S/C15H9ClN2O3/c16-10-1-6-13-14(9-10)17-8-7-15(13)21-12-4-2-11(3-5-12)18(19)20/h1-9H. The first-order chi connectivity index (χ1) is 10.1. The van der Waals surface area contributed by atoms with Crippen molar-refractivity contribution in [2.75, 3.05) is 0 Å². The minimum absolute atomic E-state index is 0.0220. The van der Waals surface area contributed by atoms with E-state index in [1.807, 2.05) is 6.07 Å². The van der Waals surface area contributed by atoms with Crippen LogP contribution in [-0.4, -0.2) is 9.91 Å². The number of pyridine rings is 1. The summed E-state index contributed by atoms with van der Waals surface area (Å²) in [5.74, 6) is 1.13. The summed E-state index contributed by atoms with van der Waals surface area (Å²) < 4.78 is 5.76. The normalized spacial score (nSPS) is 10.5. The van der Waals surface area contributed by atoms with Gasteiger partial charge in [-0.05, 0) is 36.4 Å². The van der Waals surface area contributed by atoms with E-state index < -0.39 is 4.92 Å². The van der Waals surface area contributed by atoms with Crippen LogP contribution >= 0.6 is 11.6 Å². The first-order valence-electron chi connectivity index (χ1n) is 6.10. The lowest BCUT2D eigenvalue weighted by atomic mass is 10.2. The Labute approximate surface area is 124 Å². The van der Waals surface area contributed by atoms with Crippen molar-refractivity contribution in [2.24, 2.45) is 0 Å². The first-order valence-corrected chi connectivity index (χ1v) is 6.48. The molecule has 3 aromatic rings. The maximum absolute atomic E-state index is 10.6. The van der Waals surface area contributed by atoms with Crippen LogP contribution in [0.3, 0.4) is 0 Å². The molecule has 1 heterocycles. The lowest BCUT2D eigenvalue weighted by Gasteiger charge is -2.08. The van der Waals surface area contributed by atoms with E-state index in [9.17, 15) is 10.1 Å². The number of nitro benzene ring substituents is 1. The first kappa shape index (κ1) is 13.3. The molecular weight excluding hydrogens is 292 g/mol. The fourth-order valence-electron chi connectivity index (χ4n) is 1.95. The molecule has 0 N–H and O–H groups in total. The molecule has 0 fully saturated rings. The zero-order chi connectivity index (χ0) is 14.8. The van der Waals surface area contributed by atoms with Crippen molar-refractivity contribution >= 4 is 28.2 Å². The second-order valence-corrected chi connectivity index (χ2v) is 4.76. The molecule has 104 valence electrons. The van der Waals surface area contributed by atoms with E-state index in [4.69, 9.17) is 16.3 Å². The van der Waals surface area contributed by atoms with Crippen molar-refractivity contribution in [1.82, 2.24) is 4.98 Å². The average molecular weight is 301 g/mol. The maximum atomic E-state index is 10.6. The van der Waals surface area contributed by atoms with Crippen LogP contribution in [0.25, 0.3) is 10.9 Å². The van der Waals surface area contributed by atoms with Gasteiger partial charge in [-0.3, -0.25) is 15.1 Å². The summed E-state index contributed by atoms with van der Waals surface area (Å²) in [7, 11) is 0. The Morgan fingerprint density at radius 3 is 2.57 bits per heavy atom. The number of hydrogen-bond donors (Lipinski definition) is 0. The van der Waals surface area contributed by atoms with Gasteiger partial charge < -0.3 is 4.74 Å². The van der Waals surface area contributed by atoms with Crippen LogP contribution in [0.5, 0.6) is 11.5 Å². The number of rotatable bonds is 3. The van der Waals surface area contributed by atoms with E-state index in [1.165, 1.54) is 12.1 Å². The molecule has 5 nitrogen and oxygen atoms in total. The maximum Gasteiger partial charge on any atom is 0.269 e. The highest BCUT2D eigenvalue weighted by atomic mass is 35.5. The molecule has 6 heteroatoms. The van der Waals surface area contributed by atoms with E-state index >= 15 is 0 Å². The molecule has 0 saturated heterocycles. The molecule has 1 aromatic heterocycles. The lowest BCUT2D eigenvalue weighted by Crippen LogP contribution is -1.90. The third kappa shape index (κ3) is 2.78. The molecule has 2 aromatic carbocycles. The minimum Gasteiger partial charge on any atom is -0.457 e. The Hall–Kier alpha value is -2.66. The summed E-state index contributed by atoms with van der Waals surface area (Å²) in [6.07, 6.45) is 1.62. The van der Waals surface area contributed by atoms with Crippen molar-refractivity contribution in [3.63, 3.8) is 0 Å². The molecule has 0 unspecified atom stereocenters. The van der Waals surface area contributed by atoms with Gasteiger partial charge in [-0.2, -0.15) is 0 Å². The predicted molar refractivity (Wildman–Crippen MR) is 79.9 cm³/mol. The minimum atomic E-state index is -0.451. The molecule has 3 rings (SSSR count). The third-order valence-corrected chi connectivity index (χ3v) is 3.18. The molecule has 21 heavy (non-hydrogen) atoms. The van der Waals surface area contributed by atoms with Crippen LogP contribution in [0.2, 0.25) is 5.02 Å². The van der Waals surface area contributed by atoms with Crippen molar-refractivity contribution in [1.29, 1.82) is 0 Å². The van der Waals surface area contributed by atoms with Crippen LogP contribution in [-0.2, 0) is 0 Å². The average Bonchev–Trinajstić information content (AvgIpc) is 2.47. The van der Waals surface area contributed by atoms with Crippen molar-refractivity contribution in [3.05, 3.63) is 69.9 Å². The highest BCUT2D eigenvalue weighted by Gasteiger charge is 2.07. The molecule has 0 atom stereocenters. The quantitative estimate of drug-likeness (QED) is 0.524. The number of benzene rings is 2. The van der Waals surface area contributed by atoms with Gasteiger partial charge in [0.1, 0.15) is 11.5 Å². The van der Waals surface area contributed by atoms with E-state index in [0.717, 1.165) is 10.9 Å². The van der Waals surface area contributed by atoms with Gasteiger partial charge in [-0.15, -0.1) is 0 Å². The van der Waals surface area contributed by atoms with Gasteiger partial charge in [-0.1, -0.05) is 11.6 Å². The molecule has 0 bridgehead atoms. The summed E-state index contributed by atoms with van der Waals surface area (Å²) >= 11 is 5.93. The number of nitrogens with zero attached hydrogens (tertiary/aromatic N) is 2. The molecular formula is C15H9ClN2O3. The second kappa shape index (κ2) is 5.38. The predicted octanol–water partition coefficient (Wildman–Crippen LogP) is 4.59. The number of ether oxygens (including phenoxy) is 1. The topological polar surface area (TPSA) is 65.3 Å². The number of aromatic nitrogens is 1. The Morgan fingerprint density at radius 1 is 1.10 bits per heavy atom. The SMILES string of the molecule is O=[N+]([O-])c1ccc(Oc2ccnc3cc(Cl)ccc23)cc1. The summed E-state index contributed by atoms with van der Waals surface area (Å²) in [5.41, 5.74) is 0.746. The number of halogens is 1. The van der Waals surface area contributed by atoms with E-state index in [0.29, 0.717) is 16.5 Å². The summed E-state index contributed by atoms with van der Waals surface area (Å²) in [6.45, 7) is 0. The Morgan fingerprint density at radius 2 is 1.86 bits per heavy atom. The zero-order valence-corrected chi connectivity index (χ0v) is 11.4. The lowest BCUT2D eigenvalue weighted by molar-refractivity contribution is -0.384. The van der Waals surface area contributed by atoms with E-state index in [-0.39, 0.29) is 5.69 Å². The van der Waals surface area contributed by atoms with Crippen molar-refractivity contribution < 1.29 is 9.66 Å². The molecule has 0 saturated carbocycles. The summed E-state index contributed by atoms with van der Waals surface area (Å²) in [6, 6.07) is 13.0. The zero-order valence-electron chi connectivity index (χ0n) is 10.7.